The third kappa shape index (κ3) is 3.00. The Labute approximate surface area is 118 Å². The molecule has 1 aliphatic carbocycles. The van der Waals surface area contributed by atoms with E-state index in [0.29, 0.717) is 6.54 Å². The van der Waals surface area contributed by atoms with E-state index in [9.17, 15) is 12.8 Å². The number of rotatable bonds is 4. The Balaban J connectivity index is 2.23. The first kappa shape index (κ1) is 14.9. The van der Waals surface area contributed by atoms with Crippen LogP contribution in [0.15, 0.2) is 23.1 Å². The van der Waals surface area contributed by atoms with E-state index >= 15 is 0 Å². The van der Waals surface area contributed by atoms with Crippen molar-refractivity contribution in [2.45, 2.75) is 37.5 Å². The normalized spacial score (nSPS) is 17.9. The van der Waals surface area contributed by atoms with E-state index in [-0.39, 0.29) is 10.3 Å². The molecule has 6 heteroatoms. The van der Waals surface area contributed by atoms with Crippen LogP contribution in [-0.4, -0.2) is 15.0 Å². The number of benzene rings is 1. The number of nitriles is 1. The van der Waals surface area contributed by atoms with E-state index < -0.39 is 21.4 Å². The van der Waals surface area contributed by atoms with E-state index in [1.54, 1.807) is 6.07 Å². The summed E-state index contributed by atoms with van der Waals surface area (Å²) in [4.78, 5) is -0.290. The molecule has 0 aromatic heterocycles. The predicted octanol–water partition coefficient (Wildman–Crippen LogP) is 2.56. The molecule has 0 aliphatic heterocycles. The molecule has 20 heavy (non-hydrogen) atoms. The number of sulfonamides is 1. The molecule has 1 aromatic carbocycles. The fraction of sp³-hybridized carbons (Fsp3) is 0.500. The average Bonchev–Trinajstić information content (AvgIpc) is 2.84. The Bertz CT molecular complexity index is 644. The summed E-state index contributed by atoms with van der Waals surface area (Å²) in [6, 6.07) is 5.24. The van der Waals surface area contributed by atoms with Crippen LogP contribution in [0.1, 0.15) is 38.2 Å². The van der Waals surface area contributed by atoms with E-state index in [0.717, 1.165) is 31.7 Å². The molecule has 1 aromatic rings. The number of halogens is 1. The van der Waals surface area contributed by atoms with Gasteiger partial charge in [0.2, 0.25) is 10.0 Å². The molecular weight excluding hydrogens is 279 g/mol. The topological polar surface area (TPSA) is 70.0 Å². The first-order valence-electron chi connectivity index (χ1n) is 6.56. The van der Waals surface area contributed by atoms with Crippen LogP contribution in [0.3, 0.4) is 0 Å². The molecule has 108 valence electrons. The summed E-state index contributed by atoms with van der Waals surface area (Å²) in [5, 5.41) is 8.91. The zero-order chi connectivity index (χ0) is 14.8. The maximum Gasteiger partial charge on any atom is 0.242 e. The van der Waals surface area contributed by atoms with Crippen LogP contribution < -0.4 is 4.72 Å². The SMILES string of the molecule is CC1(CNS(=O)(=O)c2cccc(F)c2C#N)CCCC1. The summed E-state index contributed by atoms with van der Waals surface area (Å²) in [5.41, 5.74) is -0.482. The monoisotopic (exact) mass is 296 g/mol. The van der Waals surface area contributed by atoms with Crippen LogP contribution >= 0.6 is 0 Å². The van der Waals surface area contributed by atoms with Crippen LogP contribution in [-0.2, 0) is 10.0 Å². The van der Waals surface area contributed by atoms with Gasteiger partial charge in [-0.3, -0.25) is 0 Å². The second kappa shape index (κ2) is 5.51. The van der Waals surface area contributed by atoms with Gasteiger partial charge in [0.05, 0.1) is 0 Å². The fourth-order valence-corrected chi connectivity index (χ4v) is 3.95. The lowest BCUT2D eigenvalue weighted by Crippen LogP contribution is -2.34. The first-order chi connectivity index (χ1) is 9.38. The molecule has 0 bridgehead atoms. The zero-order valence-electron chi connectivity index (χ0n) is 11.3. The fourth-order valence-electron chi connectivity index (χ4n) is 2.59. The Kier molecular flexibility index (Phi) is 4.11. The van der Waals surface area contributed by atoms with Gasteiger partial charge in [0.15, 0.2) is 0 Å². The summed E-state index contributed by atoms with van der Waals surface area (Å²) >= 11 is 0. The first-order valence-corrected chi connectivity index (χ1v) is 8.05. The molecule has 4 nitrogen and oxygen atoms in total. The van der Waals surface area contributed by atoms with Crippen LogP contribution in [0.5, 0.6) is 0 Å². The van der Waals surface area contributed by atoms with E-state index in [1.165, 1.54) is 12.1 Å². The standard InChI is InChI=1S/C14H17FN2O2S/c1-14(7-2-3-8-14)10-17-20(18,19)13-6-4-5-12(15)11(13)9-16/h4-6,17H,2-3,7-8,10H2,1H3. The lowest BCUT2D eigenvalue weighted by atomic mass is 9.89. The van der Waals surface area contributed by atoms with Crippen molar-refractivity contribution in [3.63, 3.8) is 0 Å². The van der Waals surface area contributed by atoms with Crippen molar-refractivity contribution < 1.29 is 12.8 Å². The Morgan fingerprint density at radius 1 is 1.40 bits per heavy atom. The number of hydrogen-bond donors (Lipinski definition) is 1. The molecule has 0 atom stereocenters. The van der Waals surface area contributed by atoms with Crippen molar-refractivity contribution in [1.29, 1.82) is 5.26 Å². The highest BCUT2D eigenvalue weighted by molar-refractivity contribution is 7.89. The minimum atomic E-state index is -3.86. The summed E-state index contributed by atoms with van der Waals surface area (Å²) in [5.74, 6) is -0.817. The molecule has 2 rings (SSSR count). The molecule has 1 saturated carbocycles. The van der Waals surface area contributed by atoms with E-state index in [1.807, 2.05) is 6.92 Å². The Hall–Kier alpha value is -1.45. The van der Waals surface area contributed by atoms with Crippen LogP contribution in [0, 0.1) is 22.6 Å². The summed E-state index contributed by atoms with van der Waals surface area (Å²) in [7, 11) is -3.86. The molecule has 0 heterocycles. The molecule has 0 amide bonds. The van der Waals surface area contributed by atoms with Gasteiger partial charge in [0, 0.05) is 6.54 Å². The number of nitrogens with one attached hydrogen (secondary N) is 1. The Morgan fingerprint density at radius 2 is 2.05 bits per heavy atom. The van der Waals surface area contributed by atoms with Crippen LogP contribution in [0.25, 0.3) is 0 Å². The number of hydrogen-bond acceptors (Lipinski definition) is 3. The third-order valence-electron chi connectivity index (χ3n) is 3.88. The van der Waals surface area contributed by atoms with Crippen molar-refractivity contribution in [1.82, 2.24) is 4.72 Å². The highest BCUT2D eigenvalue weighted by Crippen LogP contribution is 2.37. The molecular formula is C14H17FN2O2S. The van der Waals surface area contributed by atoms with Gasteiger partial charge in [-0.15, -0.1) is 0 Å². The van der Waals surface area contributed by atoms with Gasteiger partial charge in [-0.05, 0) is 30.4 Å². The highest BCUT2D eigenvalue weighted by atomic mass is 32.2. The third-order valence-corrected chi connectivity index (χ3v) is 5.32. The maximum absolute atomic E-state index is 13.5. The lowest BCUT2D eigenvalue weighted by molar-refractivity contribution is 0.336. The maximum atomic E-state index is 13.5. The van der Waals surface area contributed by atoms with Crippen molar-refractivity contribution in [3.05, 3.63) is 29.6 Å². The molecule has 0 saturated heterocycles. The molecule has 0 spiro atoms. The van der Waals surface area contributed by atoms with Gasteiger partial charge in [-0.25, -0.2) is 17.5 Å². The predicted molar refractivity (Wildman–Crippen MR) is 72.9 cm³/mol. The quantitative estimate of drug-likeness (QED) is 0.928. The molecule has 0 unspecified atom stereocenters. The summed E-state index contributed by atoms with van der Waals surface area (Å²) in [6.45, 7) is 2.36. The smallest absolute Gasteiger partial charge is 0.211 e. The molecule has 0 radical (unpaired) electrons. The summed E-state index contributed by atoms with van der Waals surface area (Å²) in [6.07, 6.45) is 4.15. The van der Waals surface area contributed by atoms with Gasteiger partial charge in [0.1, 0.15) is 22.3 Å². The van der Waals surface area contributed by atoms with E-state index in [4.69, 9.17) is 5.26 Å². The van der Waals surface area contributed by atoms with Gasteiger partial charge in [0.25, 0.3) is 0 Å². The largest absolute Gasteiger partial charge is 0.242 e. The molecule has 1 N–H and O–H groups in total. The zero-order valence-corrected chi connectivity index (χ0v) is 12.1. The van der Waals surface area contributed by atoms with Gasteiger partial charge < -0.3 is 0 Å². The molecule has 1 fully saturated rings. The Morgan fingerprint density at radius 3 is 2.65 bits per heavy atom. The summed E-state index contributed by atoms with van der Waals surface area (Å²) < 4.78 is 40.5. The van der Waals surface area contributed by atoms with Crippen molar-refractivity contribution in [2.75, 3.05) is 6.54 Å². The van der Waals surface area contributed by atoms with E-state index in [2.05, 4.69) is 4.72 Å². The minimum Gasteiger partial charge on any atom is -0.211 e. The lowest BCUT2D eigenvalue weighted by Gasteiger charge is -2.23. The van der Waals surface area contributed by atoms with Crippen molar-refractivity contribution in [2.24, 2.45) is 5.41 Å². The van der Waals surface area contributed by atoms with Gasteiger partial charge in [-0.1, -0.05) is 25.8 Å². The number of nitrogens with zero attached hydrogens (tertiary/aromatic N) is 1. The highest BCUT2D eigenvalue weighted by Gasteiger charge is 2.31. The van der Waals surface area contributed by atoms with Crippen LogP contribution in [0.2, 0.25) is 0 Å². The van der Waals surface area contributed by atoms with Crippen molar-refractivity contribution >= 4 is 10.0 Å². The minimum absolute atomic E-state index is 0.0484. The van der Waals surface area contributed by atoms with Crippen molar-refractivity contribution in [3.8, 4) is 6.07 Å². The van der Waals surface area contributed by atoms with Crippen LogP contribution in [0.4, 0.5) is 4.39 Å². The average molecular weight is 296 g/mol. The second-order valence-electron chi connectivity index (χ2n) is 5.57. The van der Waals surface area contributed by atoms with Gasteiger partial charge >= 0.3 is 0 Å². The second-order valence-corrected chi connectivity index (χ2v) is 7.30. The van der Waals surface area contributed by atoms with Gasteiger partial charge in [-0.2, -0.15) is 5.26 Å². The molecule has 1 aliphatic rings.